The van der Waals surface area contributed by atoms with Crippen molar-refractivity contribution in [2.24, 2.45) is 0 Å². The van der Waals surface area contributed by atoms with Crippen molar-refractivity contribution >= 4 is 18.0 Å². The van der Waals surface area contributed by atoms with Crippen molar-refractivity contribution in [3.8, 4) is 0 Å². The molecule has 2 atom stereocenters. The van der Waals surface area contributed by atoms with Gasteiger partial charge in [-0.25, -0.2) is 9.59 Å². The highest BCUT2D eigenvalue weighted by atomic mass is 16.5. The molecule has 8 heteroatoms. The first kappa shape index (κ1) is 17.2. The number of urea groups is 1. The van der Waals surface area contributed by atoms with Crippen LogP contribution in [0, 0.1) is 0 Å². The summed E-state index contributed by atoms with van der Waals surface area (Å²) in [6, 6.07) is -1.81. The van der Waals surface area contributed by atoms with Gasteiger partial charge in [0, 0.05) is 19.6 Å². The Balaban J connectivity index is 2.22. The number of carboxylic acids is 2. The van der Waals surface area contributed by atoms with Gasteiger partial charge in [-0.2, -0.15) is 0 Å². The van der Waals surface area contributed by atoms with Crippen molar-refractivity contribution < 1.29 is 29.3 Å². The van der Waals surface area contributed by atoms with E-state index in [4.69, 9.17) is 14.9 Å². The third-order valence-corrected chi connectivity index (χ3v) is 3.28. The van der Waals surface area contributed by atoms with Gasteiger partial charge in [-0.05, 0) is 32.1 Å². The van der Waals surface area contributed by atoms with Crippen molar-refractivity contribution in [2.75, 3.05) is 13.2 Å². The first-order chi connectivity index (χ1) is 9.99. The van der Waals surface area contributed by atoms with E-state index in [0.29, 0.717) is 13.0 Å². The molecule has 2 amide bonds. The van der Waals surface area contributed by atoms with Gasteiger partial charge < -0.3 is 25.6 Å². The quantitative estimate of drug-likeness (QED) is 0.519. The molecule has 1 saturated heterocycles. The average molecular weight is 302 g/mol. The molecule has 0 aliphatic carbocycles. The third-order valence-electron chi connectivity index (χ3n) is 3.28. The van der Waals surface area contributed by atoms with Crippen LogP contribution in [0.4, 0.5) is 4.79 Å². The van der Waals surface area contributed by atoms with Crippen LogP contribution in [0.3, 0.4) is 0 Å². The number of ether oxygens (including phenoxy) is 1. The Kier molecular flexibility index (Phi) is 7.52. The van der Waals surface area contributed by atoms with Gasteiger partial charge in [-0.1, -0.05) is 0 Å². The maximum absolute atomic E-state index is 11.6. The standard InChI is InChI=1S/C13H22N2O6/c16-11(17)5-4-10(12(18)19)15-13(20)14-7-6-9-3-1-2-8-21-9/h9-10H,1-8H2,(H,16,17)(H,18,19)(H2,14,15,20)/t9?,10-/m0/s1. The fourth-order valence-electron chi connectivity index (χ4n) is 2.12. The largest absolute Gasteiger partial charge is 0.481 e. The molecule has 1 unspecified atom stereocenters. The highest BCUT2D eigenvalue weighted by Gasteiger charge is 2.21. The smallest absolute Gasteiger partial charge is 0.326 e. The molecule has 0 spiro atoms. The molecule has 0 radical (unpaired) electrons. The molecule has 21 heavy (non-hydrogen) atoms. The second kappa shape index (κ2) is 9.17. The van der Waals surface area contributed by atoms with Crippen LogP contribution in [0.2, 0.25) is 0 Å². The van der Waals surface area contributed by atoms with Crippen LogP contribution in [-0.4, -0.2) is 53.5 Å². The molecule has 4 N–H and O–H groups in total. The van der Waals surface area contributed by atoms with Gasteiger partial charge in [-0.15, -0.1) is 0 Å². The first-order valence-electron chi connectivity index (χ1n) is 7.09. The van der Waals surface area contributed by atoms with Gasteiger partial charge in [0.15, 0.2) is 0 Å². The van der Waals surface area contributed by atoms with Gasteiger partial charge in [0.2, 0.25) is 0 Å². The monoisotopic (exact) mass is 302 g/mol. The second-order valence-electron chi connectivity index (χ2n) is 5.00. The maximum atomic E-state index is 11.6. The van der Waals surface area contributed by atoms with E-state index in [-0.39, 0.29) is 18.9 Å². The fourth-order valence-corrected chi connectivity index (χ4v) is 2.12. The molecule has 1 aliphatic heterocycles. The van der Waals surface area contributed by atoms with Gasteiger partial charge in [0.25, 0.3) is 0 Å². The van der Waals surface area contributed by atoms with Crippen LogP contribution < -0.4 is 10.6 Å². The third kappa shape index (κ3) is 7.50. The van der Waals surface area contributed by atoms with E-state index in [9.17, 15) is 14.4 Å². The molecule has 0 aromatic rings. The molecule has 1 aliphatic rings. The van der Waals surface area contributed by atoms with Gasteiger partial charge in [0.05, 0.1) is 6.10 Å². The molecule has 0 aromatic carbocycles. The van der Waals surface area contributed by atoms with Crippen molar-refractivity contribution in [3.05, 3.63) is 0 Å². The Morgan fingerprint density at radius 1 is 1.24 bits per heavy atom. The minimum atomic E-state index is -1.25. The van der Waals surface area contributed by atoms with Crippen molar-refractivity contribution in [2.45, 2.75) is 50.7 Å². The molecule has 1 rings (SSSR count). The molecule has 8 nitrogen and oxygen atoms in total. The van der Waals surface area contributed by atoms with E-state index in [0.717, 1.165) is 25.9 Å². The van der Waals surface area contributed by atoms with Crippen LogP contribution in [-0.2, 0) is 14.3 Å². The summed E-state index contributed by atoms with van der Waals surface area (Å²) in [5.41, 5.74) is 0. The van der Waals surface area contributed by atoms with Crippen LogP contribution >= 0.6 is 0 Å². The summed E-state index contributed by atoms with van der Waals surface area (Å²) in [6.45, 7) is 1.13. The van der Waals surface area contributed by atoms with Crippen LogP contribution in [0.1, 0.15) is 38.5 Å². The van der Waals surface area contributed by atoms with E-state index in [1.807, 2.05) is 0 Å². The van der Waals surface area contributed by atoms with Crippen molar-refractivity contribution in [1.29, 1.82) is 0 Å². The number of hydrogen-bond donors (Lipinski definition) is 4. The van der Waals surface area contributed by atoms with Gasteiger partial charge >= 0.3 is 18.0 Å². The number of carbonyl (C=O) groups is 3. The predicted octanol–water partition coefficient (Wildman–Crippen LogP) is 0.563. The Morgan fingerprint density at radius 2 is 2.00 bits per heavy atom. The first-order valence-corrected chi connectivity index (χ1v) is 7.09. The lowest BCUT2D eigenvalue weighted by molar-refractivity contribution is -0.140. The van der Waals surface area contributed by atoms with E-state index in [2.05, 4.69) is 10.6 Å². The summed E-state index contributed by atoms with van der Waals surface area (Å²) in [5, 5.41) is 22.3. The number of aliphatic carboxylic acids is 2. The number of carbonyl (C=O) groups excluding carboxylic acids is 1. The van der Waals surface area contributed by atoms with Crippen LogP contribution in [0.15, 0.2) is 0 Å². The Bertz CT molecular complexity index is 368. The summed E-state index contributed by atoms with van der Waals surface area (Å²) in [4.78, 5) is 32.9. The normalized spacial score (nSPS) is 19.5. The van der Waals surface area contributed by atoms with Crippen molar-refractivity contribution in [3.63, 3.8) is 0 Å². The van der Waals surface area contributed by atoms with E-state index < -0.39 is 24.0 Å². The zero-order chi connectivity index (χ0) is 15.7. The van der Waals surface area contributed by atoms with Crippen molar-refractivity contribution in [1.82, 2.24) is 10.6 Å². The van der Waals surface area contributed by atoms with Crippen LogP contribution in [0.25, 0.3) is 0 Å². The Morgan fingerprint density at radius 3 is 2.57 bits per heavy atom. The summed E-state index contributed by atoms with van der Waals surface area (Å²) >= 11 is 0. The number of rotatable bonds is 8. The minimum Gasteiger partial charge on any atom is -0.481 e. The Labute approximate surface area is 122 Å². The molecule has 0 aromatic heterocycles. The summed E-state index contributed by atoms with van der Waals surface area (Å²) < 4.78 is 5.51. The summed E-state index contributed by atoms with van der Waals surface area (Å²) in [5.74, 6) is -2.35. The predicted molar refractivity (Wildman–Crippen MR) is 73.0 cm³/mol. The summed E-state index contributed by atoms with van der Waals surface area (Å²) in [7, 11) is 0. The number of carboxylic acid groups (broad SMARTS) is 2. The van der Waals surface area contributed by atoms with Gasteiger partial charge in [0.1, 0.15) is 6.04 Å². The molecule has 1 fully saturated rings. The molecule has 120 valence electrons. The molecular weight excluding hydrogens is 280 g/mol. The van der Waals surface area contributed by atoms with Crippen LogP contribution in [0.5, 0.6) is 0 Å². The lowest BCUT2D eigenvalue weighted by Crippen LogP contribution is -2.46. The summed E-state index contributed by atoms with van der Waals surface area (Å²) in [6.07, 6.45) is 3.51. The number of nitrogens with one attached hydrogen (secondary N) is 2. The highest BCUT2D eigenvalue weighted by Crippen LogP contribution is 2.14. The SMILES string of the molecule is O=C(O)CC[C@H](NC(=O)NCCC1CCCCO1)C(=O)O. The van der Waals surface area contributed by atoms with E-state index >= 15 is 0 Å². The zero-order valence-corrected chi connectivity index (χ0v) is 11.8. The number of hydrogen-bond acceptors (Lipinski definition) is 4. The number of amides is 2. The minimum absolute atomic E-state index is 0.140. The molecule has 0 bridgehead atoms. The fraction of sp³-hybridized carbons (Fsp3) is 0.769. The molecule has 1 heterocycles. The highest BCUT2D eigenvalue weighted by molar-refractivity contribution is 5.82. The molecular formula is C13H22N2O6. The molecule has 0 saturated carbocycles. The average Bonchev–Trinajstić information content (AvgIpc) is 2.44. The lowest BCUT2D eigenvalue weighted by atomic mass is 10.1. The zero-order valence-electron chi connectivity index (χ0n) is 11.8. The topological polar surface area (TPSA) is 125 Å². The Hall–Kier alpha value is -1.83. The van der Waals surface area contributed by atoms with E-state index in [1.165, 1.54) is 0 Å². The van der Waals surface area contributed by atoms with Gasteiger partial charge in [-0.3, -0.25) is 4.79 Å². The second-order valence-corrected chi connectivity index (χ2v) is 5.00. The lowest BCUT2D eigenvalue weighted by Gasteiger charge is -2.22. The maximum Gasteiger partial charge on any atom is 0.326 e. The van der Waals surface area contributed by atoms with E-state index in [1.54, 1.807) is 0 Å².